The average molecular weight is 405 g/mol. The molecular weight excluding hydrogens is 376 g/mol. The maximum Gasteiger partial charge on any atom is 0.217 e. The summed E-state index contributed by atoms with van der Waals surface area (Å²) in [5.41, 5.74) is 10.2. The zero-order valence-electron chi connectivity index (χ0n) is 18.9. The topological polar surface area (TPSA) is 7.76 Å². The van der Waals surface area contributed by atoms with E-state index in [1.807, 2.05) is 0 Å². The Morgan fingerprint density at radius 1 is 0.645 bits per heavy atom. The zero-order valence-corrected chi connectivity index (χ0v) is 18.9. The third kappa shape index (κ3) is 3.11. The molecule has 2 heterocycles. The molecule has 0 fully saturated rings. The molecule has 3 aromatic carbocycles. The van der Waals surface area contributed by atoms with Crippen molar-refractivity contribution in [3.63, 3.8) is 0 Å². The molecule has 0 aliphatic heterocycles. The second kappa shape index (κ2) is 7.31. The maximum absolute atomic E-state index is 2.36. The van der Waals surface area contributed by atoms with Crippen LogP contribution >= 0.6 is 0 Å². The van der Waals surface area contributed by atoms with Crippen LogP contribution in [0.3, 0.4) is 0 Å². The summed E-state index contributed by atoms with van der Waals surface area (Å²) >= 11 is 0. The number of aryl methyl sites for hydroxylation is 4. The molecule has 0 saturated heterocycles. The molecule has 31 heavy (non-hydrogen) atoms. The summed E-state index contributed by atoms with van der Waals surface area (Å²) in [4.78, 5) is 0. The van der Waals surface area contributed by atoms with E-state index in [0.717, 1.165) is 0 Å². The molecule has 0 aliphatic carbocycles. The predicted octanol–water partition coefficient (Wildman–Crippen LogP) is 5.99. The summed E-state index contributed by atoms with van der Waals surface area (Å²) in [7, 11) is 2.17. The van der Waals surface area contributed by atoms with Gasteiger partial charge in [0.1, 0.15) is 7.05 Å². The van der Waals surface area contributed by atoms with Gasteiger partial charge >= 0.3 is 0 Å². The van der Waals surface area contributed by atoms with Gasteiger partial charge in [0.05, 0.1) is 5.56 Å². The van der Waals surface area contributed by atoms with Gasteiger partial charge in [0.15, 0.2) is 11.9 Å². The fraction of sp³-hybridized carbons (Fsp3) is 0.172. The number of pyridine rings is 2. The fourth-order valence-electron chi connectivity index (χ4n) is 5.07. The lowest BCUT2D eigenvalue weighted by Gasteiger charge is -2.14. The number of hydrogen-bond donors (Lipinski definition) is 0. The van der Waals surface area contributed by atoms with Crippen molar-refractivity contribution in [3.8, 4) is 16.9 Å². The molecule has 5 aromatic rings. The molecule has 2 aromatic heterocycles. The van der Waals surface area contributed by atoms with Crippen LogP contribution in [-0.2, 0) is 7.05 Å². The number of aromatic nitrogens is 2. The smallest absolute Gasteiger partial charge is 0.194 e. The second-order valence-corrected chi connectivity index (χ2v) is 8.61. The van der Waals surface area contributed by atoms with Crippen LogP contribution < -0.4 is 9.13 Å². The monoisotopic (exact) mass is 404 g/mol. The van der Waals surface area contributed by atoms with Gasteiger partial charge in [-0.3, -0.25) is 0 Å². The van der Waals surface area contributed by atoms with E-state index in [4.69, 9.17) is 0 Å². The first kappa shape index (κ1) is 19.4. The normalized spacial score (nSPS) is 11.4. The first-order valence-electron chi connectivity index (χ1n) is 10.9. The van der Waals surface area contributed by atoms with E-state index in [9.17, 15) is 0 Å². The molecule has 0 amide bonds. The van der Waals surface area contributed by atoms with Crippen LogP contribution in [0.25, 0.3) is 38.6 Å². The highest BCUT2D eigenvalue weighted by Gasteiger charge is 2.26. The molecule has 0 spiro atoms. The largest absolute Gasteiger partial charge is 0.217 e. The molecule has 0 N–H and O–H groups in total. The van der Waals surface area contributed by atoms with Crippen LogP contribution in [0.5, 0.6) is 0 Å². The molecule has 5 rings (SSSR count). The third-order valence-electron chi connectivity index (χ3n) is 6.52. The van der Waals surface area contributed by atoms with E-state index in [1.54, 1.807) is 0 Å². The lowest BCUT2D eigenvalue weighted by Crippen LogP contribution is -2.37. The Morgan fingerprint density at radius 2 is 1.32 bits per heavy atom. The van der Waals surface area contributed by atoms with Gasteiger partial charge in [0.2, 0.25) is 16.9 Å². The number of benzene rings is 3. The fourth-order valence-corrected chi connectivity index (χ4v) is 5.07. The molecule has 2 heteroatoms. The Hall–Kier alpha value is -3.52. The van der Waals surface area contributed by atoms with Gasteiger partial charge in [-0.2, -0.15) is 9.13 Å². The number of hydrogen-bond acceptors (Lipinski definition) is 0. The summed E-state index contributed by atoms with van der Waals surface area (Å²) in [6.45, 7) is 8.91. The second-order valence-electron chi connectivity index (χ2n) is 8.61. The summed E-state index contributed by atoms with van der Waals surface area (Å²) in [5, 5.41) is 3.79. The molecular formula is C29H28N2+2. The Kier molecular flexibility index (Phi) is 4.59. The minimum Gasteiger partial charge on any atom is -0.194 e. The van der Waals surface area contributed by atoms with Crippen molar-refractivity contribution in [2.24, 2.45) is 7.05 Å². The zero-order chi connectivity index (χ0) is 21.7. The van der Waals surface area contributed by atoms with E-state index < -0.39 is 0 Å². The summed E-state index contributed by atoms with van der Waals surface area (Å²) in [5.74, 6) is 0. The van der Waals surface area contributed by atoms with E-state index in [0.29, 0.717) is 0 Å². The Bertz CT molecular complexity index is 1450. The van der Waals surface area contributed by atoms with Crippen molar-refractivity contribution in [1.82, 2.24) is 0 Å². The van der Waals surface area contributed by atoms with E-state index in [-0.39, 0.29) is 0 Å². The third-order valence-corrected chi connectivity index (χ3v) is 6.52. The van der Waals surface area contributed by atoms with Gasteiger partial charge in [-0.25, -0.2) is 0 Å². The molecule has 0 unspecified atom stereocenters. The molecule has 2 nitrogen and oxygen atoms in total. The summed E-state index contributed by atoms with van der Waals surface area (Å²) in [6, 6.07) is 26.3. The molecule has 0 aliphatic rings. The van der Waals surface area contributed by atoms with Crippen LogP contribution in [-0.4, -0.2) is 0 Å². The van der Waals surface area contributed by atoms with Crippen molar-refractivity contribution >= 4 is 21.7 Å². The molecule has 0 atom stereocenters. The number of para-hydroxylation sites is 1. The van der Waals surface area contributed by atoms with Crippen molar-refractivity contribution in [2.45, 2.75) is 27.7 Å². The van der Waals surface area contributed by atoms with E-state index >= 15 is 0 Å². The highest BCUT2D eigenvalue weighted by Crippen LogP contribution is 2.31. The van der Waals surface area contributed by atoms with E-state index in [1.165, 1.54) is 61.0 Å². The van der Waals surface area contributed by atoms with Crippen molar-refractivity contribution in [1.29, 1.82) is 0 Å². The van der Waals surface area contributed by atoms with Gasteiger partial charge in [0, 0.05) is 47.0 Å². The molecule has 0 radical (unpaired) electrons. The van der Waals surface area contributed by atoms with Crippen LogP contribution in [0.1, 0.15) is 22.4 Å². The van der Waals surface area contributed by atoms with Gasteiger partial charge in [0.25, 0.3) is 0 Å². The standard InChI is InChI=1S/C29H28N2/c1-19-16-20(2)29(31-18-25-12-7-6-11-24(25)17-21(31)3)22(4)28(19)27-15-14-23-10-8-9-13-26(23)30(27)5/h6-18H,1-5H3/q+2. The number of fused-ring (bicyclic) bond motifs is 2. The average Bonchev–Trinajstić information content (AvgIpc) is 2.75. The minimum atomic E-state index is 1.24. The van der Waals surface area contributed by atoms with Gasteiger partial charge in [-0.15, -0.1) is 0 Å². The Labute approximate surface area is 184 Å². The van der Waals surface area contributed by atoms with Crippen molar-refractivity contribution in [3.05, 3.63) is 101 Å². The van der Waals surface area contributed by atoms with Gasteiger partial charge in [-0.05, 0) is 56.0 Å². The molecule has 0 bridgehead atoms. The number of nitrogens with zero attached hydrogens (tertiary/aromatic N) is 2. The summed E-state index contributed by atoms with van der Waals surface area (Å²) < 4.78 is 4.68. The van der Waals surface area contributed by atoms with Crippen molar-refractivity contribution in [2.75, 3.05) is 0 Å². The van der Waals surface area contributed by atoms with Crippen LogP contribution in [0.4, 0.5) is 0 Å². The van der Waals surface area contributed by atoms with Crippen LogP contribution in [0.15, 0.2) is 79.0 Å². The Morgan fingerprint density at radius 3 is 2.10 bits per heavy atom. The van der Waals surface area contributed by atoms with Gasteiger partial charge < -0.3 is 0 Å². The maximum atomic E-state index is 2.36. The SMILES string of the molecule is Cc1cc(C)c(-[n+]2cc3ccccc3cc2C)c(C)c1-c1ccc2ccccc2[n+]1C. The molecule has 0 saturated carbocycles. The van der Waals surface area contributed by atoms with Crippen LogP contribution in [0, 0.1) is 27.7 Å². The van der Waals surface area contributed by atoms with E-state index in [2.05, 4.69) is 123 Å². The van der Waals surface area contributed by atoms with Crippen LogP contribution in [0.2, 0.25) is 0 Å². The number of rotatable bonds is 2. The summed E-state index contributed by atoms with van der Waals surface area (Å²) in [6.07, 6.45) is 2.28. The first-order chi connectivity index (χ1) is 15.0. The molecule has 152 valence electrons. The highest BCUT2D eigenvalue weighted by atomic mass is 15.0. The first-order valence-corrected chi connectivity index (χ1v) is 10.9. The minimum absolute atomic E-state index is 1.24. The van der Waals surface area contributed by atoms with Gasteiger partial charge in [-0.1, -0.05) is 30.3 Å². The Balaban J connectivity index is 1.81. The lowest BCUT2D eigenvalue weighted by atomic mass is 9.93. The quantitative estimate of drug-likeness (QED) is 0.319. The van der Waals surface area contributed by atoms with Crippen molar-refractivity contribution < 1.29 is 9.13 Å². The lowest BCUT2D eigenvalue weighted by molar-refractivity contribution is -0.633. The predicted molar refractivity (Wildman–Crippen MR) is 129 cm³/mol. The highest BCUT2D eigenvalue weighted by molar-refractivity contribution is 5.82.